The summed E-state index contributed by atoms with van der Waals surface area (Å²) < 4.78 is 0. The second-order valence-electron chi connectivity index (χ2n) is 5.26. The number of phenols is 1. The van der Waals surface area contributed by atoms with Crippen LogP contribution < -0.4 is 4.90 Å². The Labute approximate surface area is 135 Å². The highest BCUT2D eigenvalue weighted by Gasteiger charge is 2.15. The standard InChI is InChI=1S/C17H18ClN3O/c18-15-4-6-16(7-5-15)20-8-10-21(11-9-20)19-13-14-2-1-3-17(22)12-14/h1-7,12-13,22H,8-11H2/b19-13-. The minimum absolute atomic E-state index is 0.261. The predicted molar refractivity (Wildman–Crippen MR) is 90.9 cm³/mol. The van der Waals surface area contributed by atoms with Crippen LogP contribution >= 0.6 is 11.6 Å². The van der Waals surface area contributed by atoms with Gasteiger partial charge in [0.05, 0.1) is 19.3 Å². The lowest BCUT2D eigenvalue weighted by Gasteiger charge is -2.34. The van der Waals surface area contributed by atoms with Crippen molar-refractivity contribution in [2.45, 2.75) is 0 Å². The van der Waals surface area contributed by atoms with E-state index in [0.29, 0.717) is 0 Å². The van der Waals surface area contributed by atoms with E-state index in [-0.39, 0.29) is 5.75 Å². The van der Waals surface area contributed by atoms with Crippen LogP contribution in [-0.4, -0.2) is 42.5 Å². The lowest BCUT2D eigenvalue weighted by atomic mass is 10.2. The Bertz CT molecular complexity index is 649. The van der Waals surface area contributed by atoms with Gasteiger partial charge in [-0.15, -0.1) is 0 Å². The van der Waals surface area contributed by atoms with Crippen LogP contribution in [0, 0.1) is 0 Å². The fraction of sp³-hybridized carbons (Fsp3) is 0.235. The SMILES string of the molecule is Oc1cccc(/C=N\N2CCN(c3ccc(Cl)cc3)CC2)c1. The average Bonchev–Trinajstić information content (AvgIpc) is 2.54. The Morgan fingerprint density at radius 3 is 2.41 bits per heavy atom. The molecule has 2 aromatic carbocycles. The monoisotopic (exact) mass is 315 g/mol. The Morgan fingerprint density at radius 2 is 1.73 bits per heavy atom. The van der Waals surface area contributed by atoms with Crippen molar-refractivity contribution in [3.63, 3.8) is 0 Å². The molecule has 1 N–H and O–H groups in total. The molecular weight excluding hydrogens is 298 g/mol. The van der Waals surface area contributed by atoms with Crippen LogP contribution in [-0.2, 0) is 0 Å². The van der Waals surface area contributed by atoms with Gasteiger partial charge in [0.25, 0.3) is 0 Å². The summed E-state index contributed by atoms with van der Waals surface area (Å²) in [6.45, 7) is 3.61. The molecule has 1 aliphatic heterocycles. The van der Waals surface area contributed by atoms with Crippen molar-refractivity contribution in [2.75, 3.05) is 31.1 Å². The summed E-state index contributed by atoms with van der Waals surface area (Å²) >= 11 is 5.92. The molecule has 1 fully saturated rings. The van der Waals surface area contributed by atoms with Crippen LogP contribution in [0.5, 0.6) is 5.75 Å². The zero-order valence-corrected chi connectivity index (χ0v) is 12.9. The van der Waals surface area contributed by atoms with E-state index >= 15 is 0 Å². The number of hydrogen-bond acceptors (Lipinski definition) is 4. The van der Waals surface area contributed by atoms with Gasteiger partial charge in [0.1, 0.15) is 5.75 Å². The van der Waals surface area contributed by atoms with Gasteiger partial charge in [0.2, 0.25) is 0 Å². The summed E-state index contributed by atoms with van der Waals surface area (Å²) in [6.07, 6.45) is 1.79. The summed E-state index contributed by atoms with van der Waals surface area (Å²) in [5.41, 5.74) is 2.10. The molecule has 3 rings (SSSR count). The molecule has 0 radical (unpaired) electrons. The van der Waals surface area contributed by atoms with Crippen LogP contribution in [0.4, 0.5) is 5.69 Å². The topological polar surface area (TPSA) is 39.1 Å². The van der Waals surface area contributed by atoms with Gasteiger partial charge in [-0.05, 0) is 42.0 Å². The highest BCUT2D eigenvalue weighted by molar-refractivity contribution is 6.30. The van der Waals surface area contributed by atoms with Crippen LogP contribution in [0.3, 0.4) is 0 Å². The number of piperazine rings is 1. The Balaban J connectivity index is 1.56. The molecule has 0 saturated carbocycles. The maximum atomic E-state index is 9.44. The number of nitrogens with zero attached hydrogens (tertiary/aromatic N) is 3. The van der Waals surface area contributed by atoms with E-state index in [1.165, 1.54) is 5.69 Å². The molecule has 22 heavy (non-hydrogen) atoms. The van der Waals surface area contributed by atoms with E-state index in [1.807, 2.05) is 36.4 Å². The van der Waals surface area contributed by atoms with Crippen molar-refractivity contribution in [3.8, 4) is 5.75 Å². The molecule has 1 heterocycles. The number of anilines is 1. The first-order chi connectivity index (χ1) is 10.7. The van der Waals surface area contributed by atoms with Gasteiger partial charge in [-0.25, -0.2) is 0 Å². The fourth-order valence-electron chi connectivity index (χ4n) is 2.47. The summed E-state index contributed by atoms with van der Waals surface area (Å²) in [5, 5.41) is 16.7. The zero-order chi connectivity index (χ0) is 15.4. The third-order valence-corrected chi connectivity index (χ3v) is 3.94. The molecule has 4 nitrogen and oxygen atoms in total. The smallest absolute Gasteiger partial charge is 0.116 e. The van der Waals surface area contributed by atoms with Crippen LogP contribution in [0.25, 0.3) is 0 Å². The number of hydrazone groups is 1. The molecule has 0 atom stereocenters. The summed E-state index contributed by atoms with van der Waals surface area (Å²) in [4.78, 5) is 2.33. The number of rotatable bonds is 3. The quantitative estimate of drug-likeness (QED) is 0.884. The Morgan fingerprint density at radius 1 is 1.00 bits per heavy atom. The summed E-state index contributed by atoms with van der Waals surface area (Å²) in [7, 11) is 0. The Hall–Kier alpha value is -2.20. The number of halogens is 1. The lowest BCUT2D eigenvalue weighted by molar-refractivity contribution is 0.272. The summed E-state index contributed by atoms with van der Waals surface area (Å²) in [6, 6.07) is 15.0. The van der Waals surface area contributed by atoms with Crippen LogP contribution in [0.1, 0.15) is 5.56 Å². The van der Waals surface area contributed by atoms with Crippen molar-refractivity contribution >= 4 is 23.5 Å². The zero-order valence-electron chi connectivity index (χ0n) is 12.2. The molecule has 2 aromatic rings. The summed E-state index contributed by atoms with van der Waals surface area (Å²) in [5.74, 6) is 0.261. The second kappa shape index (κ2) is 6.71. The molecule has 0 amide bonds. The minimum atomic E-state index is 0.261. The molecule has 1 saturated heterocycles. The van der Waals surface area contributed by atoms with Crippen LogP contribution in [0.15, 0.2) is 53.6 Å². The third kappa shape index (κ3) is 3.71. The predicted octanol–water partition coefficient (Wildman–Crippen LogP) is 3.20. The largest absolute Gasteiger partial charge is 0.508 e. The van der Waals surface area contributed by atoms with Crippen molar-refractivity contribution in [3.05, 3.63) is 59.1 Å². The van der Waals surface area contributed by atoms with E-state index in [0.717, 1.165) is 36.8 Å². The van der Waals surface area contributed by atoms with E-state index < -0.39 is 0 Å². The van der Waals surface area contributed by atoms with Crippen molar-refractivity contribution in [2.24, 2.45) is 5.10 Å². The molecule has 0 bridgehead atoms. The van der Waals surface area contributed by atoms with E-state index in [9.17, 15) is 5.11 Å². The van der Waals surface area contributed by atoms with Crippen LogP contribution in [0.2, 0.25) is 5.02 Å². The fourth-order valence-corrected chi connectivity index (χ4v) is 2.60. The number of phenolic OH excluding ortho intramolecular Hbond substituents is 1. The maximum absolute atomic E-state index is 9.44. The number of aromatic hydroxyl groups is 1. The van der Waals surface area contributed by atoms with E-state index in [1.54, 1.807) is 18.3 Å². The first-order valence-electron chi connectivity index (χ1n) is 7.29. The number of hydrogen-bond donors (Lipinski definition) is 1. The van der Waals surface area contributed by atoms with Crippen molar-refractivity contribution < 1.29 is 5.11 Å². The molecule has 5 heteroatoms. The molecular formula is C17H18ClN3O. The average molecular weight is 316 g/mol. The first kappa shape index (κ1) is 14.7. The number of benzene rings is 2. The van der Waals surface area contributed by atoms with Gasteiger partial charge in [0, 0.05) is 23.8 Å². The first-order valence-corrected chi connectivity index (χ1v) is 7.67. The van der Waals surface area contributed by atoms with E-state index in [4.69, 9.17) is 11.6 Å². The Kier molecular flexibility index (Phi) is 4.49. The maximum Gasteiger partial charge on any atom is 0.116 e. The molecule has 0 unspecified atom stereocenters. The van der Waals surface area contributed by atoms with Gasteiger partial charge in [-0.3, -0.25) is 5.01 Å². The highest BCUT2D eigenvalue weighted by Crippen LogP contribution is 2.19. The van der Waals surface area contributed by atoms with Gasteiger partial charge in [0.15, 0.2) is 0 Å². The van der Waals surface area contributed by atoms with Gasteiger partial charge < -0.3 is 10.0 Å². The van der Waals surface area contributed by atoms with Gasteiger partial charge in [-0.2, -0.15) is 5.10 Å². The molecule has 0 spiro atoms. The molecule has 114 valence electrons. The highest BCUT2D eigenvalue weighted by atomic mass is 35.5. The van der Waals surface area contributed by atoms with Crippen molar-refractivity contribution in [1.29, 1.82) is 0 Å². The van der Waals surface area contributed by atoms with Crippen molar-refractivity contribution in [1.82, 2.24) is 5.01 Å². The normalized spacial score (nSPS) is 15.5. The lowest BCUT2D eigenvalue weighted by Crippen LogP contribution is -2.44. The minimum Gasteiger partial charge on any atom is -0.508 e. The molecule has 0 aliphatic carbocycles. The third-order valence-electron chi connectivity index (χ3n) is 3.69. The molecule has 1 aliphatic rings. The van der Waals surface area contributed by atoms with E-state index in [2.05, 4.69) is 15.0 Å². The molecule has 0 aromatic heterocycles. The van der Waals surface area contributed by atoms with Gasteiger partial charge >= 0.3 is 0 Å². The second-order valence-corrected chi connectivity index (χ2v) is 5.69. The van der Waals surface area contributed by atoms with Gasteiger partial charge in [-0.1, -0.05) is 23.7 Å².